The summed E-state index contributed by atoms with van der Waals surface area (Å²) in [4.78, 5) is 11.5. The summed E-state index contributed by atoms with van der Waals surface area (Å²) in [5, 5.41) is 1.56. The van der Waals surface area contributed by atoms with Gasteiger partial charge in [-0.25, -0.2) is 5.06 Å². The topological polar surface area (TPSA) is 29.5 Å². The number of hydrogen-bond donors (Lipinski definition) is 0. The maximum absolute atomic E-state index is 11.5. The molecule has 0 spiro atoms. The lowest BCUT2D eigenvalue weighted by Crippen LogP contribution is -2.51. The minimum Gasteiger partial charge on any atom is -0.317 e. The molecule has 1 saturated heterocycles. The van der Waals surface area contributed by atoms with E-state index < -0.39 is 8.32 Å². The van der Waals surface area contributed by atoms with Crippen LogP contribution >= 0.6 is 0 Å². The molecule has 0 bridgehead atoms. The number of carbonyl (C=O) groups is 1. The molecular weight excluding hydrogens is 218 g/mol. The maximum Gasteiger partial charge on any atom is 0.248 e. The number of nitrogens with zero attached hydrogens (tertiary/aromatic N) is 1. The fraction of sp³-hybridized carbons (Fsp3) is 0.417. The van der Waals surface area contributed by atoms with Crippen LogP contribution in [0.1, 0.15) is 18.0 Å². The van der Waals surface area contributed by atoms with E-state index in [-0.39, 0.29) is 11.9 Å². The van der Waals surface area contributed by atoms with Gasteiger partial charge < -0.3 is 4.53 Å². The molecule has 1 heterocycles. The van der Waals surface area contributed by atoms with Gasteiger partial charge in [0.2, 0.25) is 14.2 Å². The van der Waals surface area contributed by atoms with Crippen molar-refractivity contribution < 1.29 is 9.32 Å². The minimum atomic E-state index is -1.70. The van der Waals surface area contributed by atoms with Gasteiger partial charge in [0.25, 0.3) is 0 Å². The molecule has 1 aromatic rings. The van der Waals surface area contributed by atoms with Crippen LogP contribution in [0.15, 0.2) is 30.3 Å². The van der Waals surface area contributed by atoms with Gasteiger partial charge in [-0.3, -0.25) is 4.79 Å². The van der Waals surface area contributed by atoms with Crippen molar-refractivity contribution in [3.8, 4) is 0 Å². The summed E-state index contributed by atoms with van der Waals surface area (Å²) < 4.78 is 5.78. The fourth-order valence-electron chi connectivity index (χ4n) is 1.74. The number of rotatable bonds is 3. The first-order chi connectivity index (χ1) is 7.47. The fourth-order valence-corrected chi connectivity index (χ4v) is 2.56. The Hall–Kier alpha value is -1.13. The second-order valence-corrected chi connectivity index (χ2v) is 9.46. The second kappa shape index (κ2) is 4.03. The quantitative estimate of drug-likeness (QED) is 0.595. The zero-order chi connectivity index (χ0) is 11.8. The van der Waals surface area contributed by atoms with Crippen LogP contribution in [0.4, 0.5) is 0 Å². The van der Waals surface area contributed by atoms with Crippen LogP contribution in [0.25, 0.3) is 0 Å². The molecule has 0 N–H and O–H groups in total. The number of carbonyl (C=O) groups excluding carboxylic acids is 1. The molecule has 1 unspecified atom stereocenters. The Balaban J connectivity index is 2.11. The Kier molecular flexibility index (Phi) is 2.86. The lowest BCUT2D eigenvalue weighted by molar-refractivity contribution is -0.194. The molecular formula is C12H17NO2Si. The largest absolute Gasteiger partial charge is 0.317 e. The third kappa shape index (κ3) is 2.33. The van der Waals surface area contributed by atoms with Crippen LogP contribution in [-0.2, 0) is 9.32 Å². The number of β-lactam (4-membered cyclic amide) rings is 1. The van der Waals surface area contributed by atoms with Gasteiger partial charge in [-0.2, -0.15) is 0 Å². The molecule has 0 aliphatic carbocycles. The Morgan fingerprint density at radius 1 is 1.25 bits per heavy atom. The molecule has 1 aliphatic heterocycles. The smallest absolute Gasteiger partial charge is 0.248 e. The Bertz CT molecular complexity index is 386. The molecule has 2 rings (SSSR count). The van der Waals surface area contributed by atoms with Gasteiger partial charge in [-0.15, -0.1) is 0 Å². The molecule has 1 aromatic carbocycles. The monoisotopic (exact) mass is 235 g/mol. The second-order valence-electron chi connectivity index (χ2n) is 5.05. The van der Waals surface area contributed by atoms with E-state index in [1.54, 1.807) is 5.06 Å². The summed E-state index contributed by atoms with van der Waals surface area (Å²) in [6.45, 7) is 6.25. The van der Waals surface area contributed by atoms with E-state index in [4.69, 9.17) is 4.53 Å². The normalized spacial score (nSPS) is 20.8. The molecule has 1 atom stereocenters. The number of hydrogen-bond acceptors (Lipinski definition) is 2. The molecule has 86 valence electrons. The average Bonchev–Trinajstić information content (AvgIpc) is 2.23. The van der Waals surface area contributed by atoms with E-state index >= 15 is 0 Å². The van der Waals surface area contributed by atoms with E-state index in [0.29, 0.717) is 6.42 Å². The highest BCUT2D eigenvalue weighted by molar-refractivity contribution is 6.69. The SMILES string of the molecule is C[Si](C)(C)ON1C(=O)CC1c1ccccc1. The van der Waals surface area contributed by atoms with Crippen LogP contribution in [0.3, 0.4) is 0 Å². The van der Waals surface area contributed by atoms with Crippen molar-refractivity contribution >= 4 is 14.2 Å². The lowest BCUT2D eigenvalue weighted by Gasteiger charge is -2.42. The van der Waals surface area contributed by atoms with Gasteiger partial charge in [-0.1, -0.05) is 30.3 Å². The Morgan fingerprint density at radius 3 is 2.38 bits per heavy atom. The van der Waals surface area contributed by atoms with E-state index in [9.17, 15) is 4.79 Å². The summed E-state index contributed by atoms with van der Waals surface area (Å²) in [6, 6.07) is 10.2. The number of amides is 1. The van der Waals surface area contributed by atoms with E-state index in [1.807, 2.05) is 30.3 Å². The number of benzene rings is 1. The molecule has 0 radical (unpaired) electrons. The average molecular weight is 235 g/mol. The van der Waals surface area contributed by atoms with Crippen LogP contribution in [0.5, 0.6) is 0 Å². The van der Waals surface area contributed by atoms with Gasteiger partial charge in [0.05, 0.1) is 12.5 Å². The molecule has 0 aromatic heterocycles. The Labute approximate surface area is 97.1 Å². The van der Waals surface area contributed by atoms with Crippen molar-refractivity contribution in [2.45, 2.75) is 32.1 Å². The van der Waals surface area contributed by atoms with Crippen molar-refractivity contribution in [3.05, 3.63) is 35.9 Å². The molecule has 16 heavy (non-hydrogen) atoms. The molecule has 0 saturated carbocycles. The van der Waals surface area contributed by atoms with Gasteiger partial charge in [0, 0.05) is 0 Å². The zero-order valence-electron chi connectivity index (χ0n) is 9.93. The van der Waals surface area contributed by atoms with Crippen LogP contribution in [-0.4, -0.2) is 19.3 Å². The van der Waals surface area contributed by atoms with Gasteiger partial charge >= 0.3 is 0 Å². The van der Waals surface area contributed by atoms with Crippen LogP contribution in [0, 0.1) is 0 Å². The highest BCUT2D eigenvalue weighted by atomic mass is 28.4. The molecule has 1 aliphatic rings. The highest BCUT2D eigenvalue weighted by Crippen LogP contribution is 2.35. The lowest BCUT2D eigenvalue weighted by atomic mass is 9.97. The predicted octanol–water partition coefficient (Wildman–Crippen LogP) is 2.73. The molecule has 1 fully saturated rings. The summed E-state index contributed by atoms with van der Waals surface area (Å²) in [5.74, 6) is 0.0938. The van der Waals surface area contributed by atoms with Crippen molar-refractivity contribution in [1.29, 1.82) is 0 Å². The van der Waals surface area contributed by atoms with E-state index in [2.05, 4.69) is 19.6 Å². The van der Waals surface area contributed by atoms with Gasteiger partial charge in [-0.05, 0) is 25.2 Å². The van der Waals surface area contributed by atoms with E-state index in [1.165, 1.54) is 0 Å². The molecule has 1 amide bonds. The van der Waals surface area contributed by atoms with Crippen molar-refractivity contribution in [2.75, 3.05) is 0 Å². The third-order valence-electron chi connectivity index (χ3n) is 2.45. The molecule has 4 heteroatoms. The Morgan fingerprint density at radius 2 is 1.88 bits per heavy atom. The van der Waals surface area contributed by atoms with Crippen molar-refractivity contribution in [2.24, 2.45) is 0 Å². The summed E-state index contributed by atoms with van der Waals surface area (Å²) >= 11 is 0. The molecule has 3 nitrogen and oxygen atoms in total. The van der Waals surface area contributed by atoms with Crippen molar-refractivity contribution in [1.82, 2.24) is 5.06 Å². The predicted molar refractivity (Wildman–Crippen MR) is 65.1 cm³/mol. The number of hydroxylamine groups is 2. The van der Waals surface area contributed by atoms with Crippen LogP contribution < -0.4 is 0 Å². The minimum absolute atomic E-state index is 0.0938. The first kappa shape index (κ1) is 11.4. The first-order valence-electron chi connectivity index (χ1n) is 5.53. The summed E-state index contributed by atoms with van der Waals surface area (Å²) in [6.07, 6.45) is 0.564. The summed E-state index contributed by atoms with van der Waals surface area (Å²) in [5.41, 5.74) is 1.15. The van der Waals surface area contributed by atoms with E-state index in [0.717, 1.165) is 5.56 Å². The standard InChI is InChI=1S/C12H17NO2Si/c1-16(2,3)15-13-11(9-12(13)14)10-7-5-4-6-8-10/h4-8,11H,9H2,1-3H3. The summed E-state index contributed by atoms with van der Waals surface area (Å²) in [7, 11) is -1.70. The first-order valence-corrected chi connectivity index (χ1v) is 8.94. The van der Waals surface area contributed by atoms with Gasteiger partial charge in [0.15, 0.2) is 0 Å². The van der Waals surface area contributed by atoms with Crippen LogP contribution in [0.2, 0.25) is 19.6 Å². The van der Waals surface area contributed by atoms with Gasteiger partial charge in [0.1, 0.15) is 0 Å². The third-order valence-corrected chi connectivity index (χ3v) is 3.20. The maximum atomic E-state index is 11.5. The zero-order valence-corrected chi connectivity index (χ0v) is 10.9. The highest BCUT2D eigenvalue weighted by Gasteiger charge is 2.40. The van der Waals surface area contributed by atoms with Crippen molar-refractivity contribution in [3.63, 3.8) is 0 Å².